The van der Waals surface area contributed by atoms with Gasteiger partial charge in [-0.05, 0) is 23.8 Å². The lowest BCUT2D eigenvalue weighted by Crippen LogP contribution is -2.39. The predicted molar refractivity (Wildman–Crippen MR) is 70.3 cm³/mol. The molecule has 1 atom stereocenters. The molecule has 6 heteroatoms. The van der Waals surface area contributed by atoms with E-state index in [0.717, 1.165) is 15.7 Å². The number of rotatable bonds is 2. The average Bonchev–Trinajstić information content (AvgIpc) is 2.39. The Bertz CT molecular complexity index is 504. The molecule has 2 rings (SSSR count). The molecule has 1 aromatic rings. The Kier molecular flexibility index (Phi) is 3.56. The number of anilines is 1. The van der Waals surface area contributed by atoms with Gasteiger partial charge in [-0.3, -0.25) is 9.59 Å². The first-order valence-electron chi connectivity index (χ1n) is 5.49. The number of hydrogen-bond acceptors (Lipinski definition) is 3. The highest BCUT2D eigenvalue weighted by molar-refractivity contribution is 9.10. The van der Waals surface area contributed by atoms with Gasteiger partial charge >= 0.3 is 5.97 Å². The third-order valence-corrected chi connectivity index (χ3v) is 3.35. The average molecular weight is 313 g/mol. The predicted octanol–water partition coefficient (Wildman–Crippen LogP) is 1.68. The Labute approximate surface area is 113 Å². The van der Waals surface area contributed by atoms with E-state index in [1.54, 1.807) is 11.9 Å². The van der Waals surface area contributed by atoms with Crippen LogP contribution in [0.3, 0.4) is 0 Å². The van der Waals surface area contributed by atoms with Gasteiger partial charge in [0, 0.05) is 23.8 Å². The van der Waals surface area contributed by atoms with Gasteiger partial charge in [0.1, 0.15) is 6.04 Å². The van der Waals surface area contributed by atoms with E-state index < -0.39 is 12.0 Å². The fourth-order valence-corrected chi connectivity index (χ4v) is 2.40. The lowest BCUT2D eigenvalue weighted by molar-refractivity contribution is -0.141. The lowest BCUT2D eigenvalue weighted by atomic mass is 10.1. The van der Waals surface area contributed by atoms with Crippen molar-refractivity contribution in [3.8, 4) is 0 Å². The van der Waals surface area contributed by atoms with Crippen molar-refractivity contribution in [2.75, 3.05) is 12.4 Å². The highest BCUT2D eigenvalue weighted by Crippen LogP contribution is 2.26. The Morgan fingerprint density at radius 3 is 3.00 bits per heavy atom. The molecule has 0 fully saturated rings. The number of carbonyl (C=O) groups is 2. The molecule has 0 spiro atoms. The van der Waals surface area contributed by atoms with Gasteiger partial charge in [0.25, 0.3) is 0 Å². The number of halogens is 1. The molecule has 1 heterocycles. The number of hydrogen-bond donors (Lipinski definition) is 2. The standard InChI is InChI=1S/C12H13BrN2O3/c1-15-6-7-4-8(13)2-3-9(7)14-10(12(15)18)5-11(16)17/h2-4,10,14H,5-6H2,1H3,(H,16,17)/t10-/m0/s1. The van der Waals surface area contributed by atoms with Crippen molar-refractivity contribution >= 4 is 33.5 Å². The number of nitrogens with zero attached hydrogens (tertiary/aromatic N) is 1. The second-order valence-corrected chi connectivity index (χ2v) is 5.21. The van der Waals surface area contributed by atoms with Crippen LogP contribution >= 0.6 is 15.9 Å². The topological polar surface area (TPSA) is 69.6 Å². The van der Waals surface area contributed by atoms with Gasteiger partial charge in [-0.2, -0.15) is 0 Å². The highest BCUT2D eigenvalue weighted by atomic mass is 79.9. The molecule has 1 aliphatic rings. The zero-order valence-corrected chi connectivity index (χ0v) is 11.4. The van der Waals surface area contributed by atoms with Crippen LogP contribution < -0.4 is 5.32 Å². The van der Waals surface area contributed by atoms with E-state index in [2.05, 4.69) is 21.2 Å². The maximum atomic E-state index is 12.0. The maximum Gasteiger partial charge on any atom is 0.305 e. The number of fused-ring (bicyclic) bond motifs is 1. The van der Waals surface area contributed by atoms with Gasteiger partial charge in [0.15, 0.2) is 0 Å². The van der Waals surface area contributed by atoms with Crippen LogP contribution in [-0.4, -0.2) is 35.0 Å². The zero-order chi connectivity index (χ0) is 13.3. The summed E-state index contributed by atoms with van der Waals surface area (Å²) in [7, 11) is 1.68. The molecule has 0 saturated carbocycles. The molecule has 18 heavy (non-hydrogen) atoms. The number of nitrogens with one attached hydrogen (secondary N) is 1. The minimum Gasteiger partial charge on any atom is -0.481 e. The van der Waals surface area contributed by atoms with E-state index in [9.17, 15) is 9.59 Å². The first-order chi connectivity index (χ1) is 8.47. The van der Waals surface area contributed by atoms with Crippen LogP contribution in [0.4, 0.5) is 5.69 Å². The summed E-state index contributed by atoms with van der Waals surface area (Å²) < 4.78 is 0.931. The molecule has 0 aromatic heterocycles. The van der Waals surface area contributed by atoms with Gasteiger partial charge < -0.3 is 15.3 Å². The molecule has 1 amide bonds. The first-order valence-corrected chi connectivity index (χ1v) is 6.28. The third-order valence-electron chi connectivity index (χ3n) is 2.86. The Morgan fingerprint density at radius 1 is 1.61 bits per heavy atom. The monoisotopic (exact) mass is 312 g/mol. The summed E-state index contributed by atoms with van der Waals surface area (Å²) >= 11 is 3.38. The summed E-state index contributed by atoms with van der Waals surface area (Å²) in [6.45, 7) is 0.469. The molecule has 1 aromatic carbocycles. The normalized spacial score (nSPS) is 18.9. The molecule has 1 aliphatic heterocycles. The summed E-state index contributed by atoms with van der Waals surface area (Å²) in [5, 5.41) is 11.8. The molecular weight excluding hydrogens is 300 g/mol. The van der Waals surface area contributed by atoms with Crippen molar-refractivity contribution in [1.82, 2.24) is 4.90 Å². The molecule has 0 bridgehead atoms. The number of benzene rings is 1. The van der Waals surface area contributed by atoms with E-state index in [1.165, 1.54) is 0 Å². The van der Waals surface area contributed by atoms with Gasteiger partial charge in [0.2, 0.25) is 5.91 Å². The molecule has 2 N–H and O–H groups in total. The smallest absolute Gasteiger partial charge is 0.305 e. The van der Waals surface area contributed by atoms with E-state index in [-0.39, 0.29) is 12.3 Å². The summed E-state index contributed by atoms with van der Waals surface area (Å²) in [4.78, 5) is 24.3. The van der Waals surface area contributed by atoms with Crippen molar-refractivity contribution in [2.24, 2.45) is 0 Å². The van der Waals surface area contributed by atoms with E-state index >= 15 is 0 Å². The molecule has 0 aliphatic carbocycles. The number of amides is 1. The zero-order valence-electron chi connectivity index (χ0n) is 9.81. The number of carboxylic acids is 1. The number of carbonyl (C=O) groups excluding carboxylic acids is 1. The van der Waals surface area contributed by atoms with Crippen molar-refractivity contribution in [1.29, 1.82) is 0 Å². The first kappa shape index (κ1) is 12.9. The summed E-state index contributed by atoms with van der Waals surface area (Å²) in [5.41, 5.74) is 1.77. The Balaban J connectivity index is 2.34. The minimum atomic E-state index is -0.991. The van der Waals surface area contributed by atoms with Gasteiger partial charge in [0.05, 0.1) is 6.42 Å². The van der Waals surface area contributed by atoms with Crippen LogP contribution in [0.1, 0.15) is 12.0 Å². The number of likely N-dealkylation sites (N-methyl/N-ethyl adjacent to an activating group) is 1. The molecule has 0 unspecified atom stereocenters. The quantitative estimate of drug-likeness (QED) is 0.871. The van der Waals surface area contributed by atoms with Crippen LogP contribution in [0.2, 0.25) is 0 Å². The SMILES string of the molecule is CN1Cc2cc(Br)ccc2N[C@@H](CC(=O)O)C1=O. The number of aliphatic carboxylic acids is 1. The lowest BCUT2D eigenvalue weighted by Gasteiger charge is -2.19. The second kappa shape index (κ2) is 4.97. The molecular formula is C12H13BrN2O3. The fraction of sp³-hybridized carbons (Fsp3) is 0.333. The van der Waals surface area contributed by atoms with Crippen LogP contribution in [0, 0.1) is 0 Å². The van der Waals surface area contributed by atoms with Gasteiger partial charge in [-0.15, -0.1) is 0 Å². The van der Waals surface area contributed by atoms with E-state index in [0.29, 0.717) is 6.54 Å². The minimum absolute atomic E-state index is 0.204. The maximum absolute atomic E-state index is 12.0. The van der Waals surface area contributed by atoms with Crippen LogP contribution in [0.25, 0.3) is 0 Å². The number of carboxylic acid groups (broad SMARTS) is 1. The van der Waals surface area contributed by atoms with Crippen LogP contribution in [-0.2, 0) is 16.1 Å². The van der Waals surface area contributed by atoms with Crippen LogP contribution in [0.15, 0.2) is 22.7 Å². The van der Waals surface area contributed by atoms with Gasteiger partial charge in [-0.1, -0.05) is 15.9 Å². The fourth-order valence-electron chi connectivity index (χ4n) is 2.00. The largest absolute Gasteiger partial charge is 0.481 e. The van der Waals surface area contributed by atoms with Crippen molar-refractivity contribution < 1.29 is 14.7 Å². The molecule has 96 valence electrons. The Hall–Kier alpha value is -1.56. The summed E-state index contributed by atoms with van der Waals surface area (Å²) in [6, 6.07) is 4.92. The van der Waals surface area contributed by atoms with Crippen molar-refractivity contribution in [3.05, 3.63) is 28.2 Å². The second-order valence-electron chi connectivity index (χ2n) is 4.29. The third kappa shape index (κ3) is 2.64. The van der Waals surface area contributed by atoms with Crippen molar-refractivity contribution in [3.63, 3.8) is 0 Å². The summed E-state index contributed by atoms with van der Waals surface area (Å²) in [5.74, 6) is -1.19. The molecule has 0 saturated heterocycles. The molecule has 0 radical (unpaired) electrons. The highest BCUT2D eigenvalue weighted by Gasteiger charge is 2.28. The van der Waals surface area contributed by atoms with Crippen molar-refractivity contribution in [2.45, 2.75) is 19.0 Å². The summed E-state index contributed by atoms with van der Waals surface area (Å²) in [6.07, 6.45) is -0.224. The van der Waals surface area contributed by atoms with E-state index in [4.69, 9.17) is 5.11 Å². The van der Waals surface area contributed by atoms with Crippen LogP contribution in [0.5, 0.6) is 0 Å². The Morgan fingerprint density at radius 2 is 2.33 bits per heavy atom. The molecule has 5 nitrogen and oxygen atoms in total. The van der Waals surface area contributed by atoms with E-state index in [1.807, 2.05) is 18.2 Å². The van der Waals surface area contributed by atoms with Gasteiger partial charge in [-0.25, -0.2) is 0 Å².